The third-order valence-electron chi connectivity index (χ3n) is 1.71. The summed E-state index contributed by atoms with van der Waals surface area (Å²) in [4.78, 5) is 19.6. The second-order valence-corrected chi connectivity index (χ2v) is 5.31. The van der Waals surface area contributed by atoms with E-state index in [2.05, 4.69) is 31.2 Å². The van der Waals surface area contributed by atoms with Crippen molar-refractivity contribution in [2.45, 2.75) is 0 Å². The first-order valence-electron chi connectivity index (χ1n) is 4.29. The van der Waals surface area contributed by atoms with Gasteiger partial charge in [-0.2, -0.15) is 0 Å². The molecule has 1 amide bonds. The van der Waals surface area contributed by atoms with Gasteiger partial charge in [-0.05, 0) is 28.1 Å². The Morgan fingerprint density at radius 2 is 2.31 bits per heavy atom. The highest BCUT2D eigenvalue weighted by Gasteiger charge is 2.09. The van der Waals surface area contributed by atoms with Crippen molar-refractivity contribution >= 4 is 44.0 Å². The molecule has 7 heteroatoms. The van der Waals surface area contributed by atoms with E-state index in [1.165, 1.54) is 23.6 Å². The Kier molecular flexibility index (Phi) is 3.16. The van der Waals surface area contributed by atoms with E-state index >= 15 is 0 Å². The minimum atomic E-state index is -0.325. The van der Waals surface area contributed by atoms with Gasteiger partial charge in [-0.1, -0.05) is 11.3 Å². The highest BCUT2D eigenvalue weighted by molar-refractivity contribution is 9.11. The SMILES string of the molecule is Nc1ccnc(C(=O)Nc2ncc(Br)s2)c1. The molecule has 16 heavy (non-hydrogen) atoms. The second kappa shape index (κ2) is 4.58. The van der Waals surface area contributed by atoms with E-state index in [9.17, 15) is 4.79 Å². The zero-order chi connectivity index (χ0) is 11.5. The Morgan fingerprint density at radius 3 is 2.94 bits per heavy atom. The summed E-state index contributed by atoms with van der Waals surface area (Å²) in [7, 11) is 0. The highest BCUT2D eigenvalue weighted by Crippen LogP contribution is 2.23. The van der Waals surface area contributed by atoms with Gasteiger partial charge in [0.05, 0.1) is 9.98 Å². The fraction of sp³-hybridized carbons (Fsp3) is 0. The third-order valence-corrected chi connectivity index (χ3v) is 3.11. The van der Waals surface area contributed by atoms with Crippen molar-refractivity contribution in [1.82, 2.24) is 9.97 Å². The average molecular weight is 299 g/mol. The quantitative estimate of drug-likeness (QED) is 0.890. The van der Waals surface area contributed by atoms with Crippen LogP contribution in [0.1, 0.15) is 10.5 Å². The fourth-order valence-corrected chi connectivity index (χ4v) is 2.15. The number of nitrogens with two attached hydrogens (primary N) is 1. The molecule has 0 aromatic carbocycles. The third kappa shape index (κ3) is 2.56. The van der Waals surface area contributed by atoms with Crippen LogP contribution in [-0.4, -0.2) is 15.9 Å². The van der Waals surface area contributed by atoms with Gasteiger partial charge >= 0.3 is 0 Å². The summed E-state index contributed by atoms with van der Waals surface area (Å²) in [6, 6.07) is 3.13. The summed E-state index contributed by atoms with van der Waals surface area (Å²) in [5.74, 6) is -0.325. The lowest BCUT2D eigenvalue weighted by Gasteiger charge is -2.00. The van der Waals surface area contributed by atoms with Gasteiger partial charge in [0, 0.05) is 11.9 Å². The van der Waals surface area contributed by atoms with Crippen LogP contribution in [-0.2, 0) is 0 Å². The molecule has 82 valence electrons. The maximum absolute atomic E-state index is 11.7. The number of halogens is 1. The number of pyridine rings is 1. The van der Waals surface area contributed by atoms with Crippen molar-refractivity contribution < 1.29 is 4.79 Å². The minimum absolute atomic E-state index is 0.270. The van der Waals surface area contributed by atoms with E-state index in [1.54, 1.807) is 12.3 Å². The smallest absolute Gasteiger partial charge is 0.276 e. The molecule has 2 aromatic rings. The lowest BCUT2D eigenvalue weighted by molar-refractivity contribution is 0.102. The summed E-state index contributed by atoms with van der Waals surface area (Å²) in [6.45, 7) is 0. The highest BCUT2D eigenvalue weighted by atomic mass is 79.9. The molecule has 0 aliphatic rings. The number of nitrogen functional groups attached to an aromatic ring is 1. The van der Waals surface area contributed by atoms with Crippen LogP contribution < -0.4 is 11.1 Å². The Morgan fingerprint density at radius 1 is 1.50 bits per heavy atom. The monoisotopic (exact) mass is 298 g/mol. The largest absolute Gasteiger partial charge is 0.399 e. The molecule has 0 atom stereocenters. The molecule has 0 saturated carbocycles. The Balaban J connectivity index is 2.14. The van der Waals surface area contributed by atoms with Gasteiger partial charge in [0.1, 0.15) is 5.69 Å². The van der Waals surface area contributed by atoms with Crippen LogP contribution in [0, 0.1) is 0 Å². The first-order chi connectivity index (χ1) is 7.65. The molecular formula is C9H7BrN4OS. The van der Waals surface area contributed by atoms with Crippen molar-refractivity contribution in [3.8, 4) is 0 Å². The Bertz CT molecular complexity index is 528. The topological polar surface area (TPSA) is 80.9 Å². The lowest BCUT2D eigenvalue weighted by Crippen LogP contribution is -2.13. The van der Waals surface area contributed by atoms with E-state index in [0.717, 1.165) is 3.79 Å². The predicted molar refractivity (Wildman–Crippen MR) is 66.4 cm³/mol. The van der Waals surface area contributed by atoms with Crippen LogP contribution in [0.2, 0.25) is 0 Å². The van der Waals surface area contributed by atoms with E-state index in [0.29, 0.717) is 10.8 Å². The molecule has 2 heterocycles. The maximum atomic E-state index is 11.7. The Hall–Kier alpha value is -1.47. The lowest BCUT2D eigenvalue weighted by atomic mass is 10.3. The van der Waals surface area contributed by atoms with E-state index in [4.69, 9.17) is 5.73 Å². The minimum Gasteiger partial charge on any atom is -0.399 e. The van der Waals surface area contributed by atoms with Crippen molar-refractivity contribution in [2.24, 2.45) is 0 Å². The summed E-state index contributed by atoms with van der Waals surface area (Å²) in [5, 5.41) is 3.14. The van der Waals surface area contributed by atoms with Crippen LogP contribution in [0.5, 0.6) is 0 Å². The van der Waals surface area contributed by atoms with Gasteiger partial charge in [-0.3, -0.25) is 15.1 Å². The van der Waals surface area contributed by atoms with Crippen LogP contribution in [0.15, 0.2) is 28.3 Å². The van der Waals surface area contributed by atoms with Crippen LogP contribution in [0.4, 0.5) is 10.8 Å². The number of carbonyl (C=O) groups excluding carboxylic acids is 1. The van der Waals surface area contributed by atoms with Crippen LogP contribution in [0.25, 0.3) is 0 Å². The van der Waals surface area contributed by atoms with E-state index in [1.807, 2.05) is 0 Å². The molecule has 2 aromatic heterocycles. The predicted octanol–water partition coefficient (Wildman–Crippen LogP) is 2.14. The number of aromatic nitrogens is 2. The van der Waals surface area contributed by atoms with Crippen LogP contribution >= 0.6 is 27.3 Å². The molecule has 5 nitrogen and oxygen atoms in total. The molecule has 0 saturated heterocycles. The standard InChI is InChI=1S/C9H7BrN4OS/c10-7-4-13-9(16-7)14-8(15)6-3-5(11)1-2-12-6/h1-4H,(H2,11,12)(H,13,14,15). The van der Waals surface area contributed by atoms with E-state index in [-0.39, 0.29) is 11.6 Å². The number of amides is 1. The first-order valence-corrected chi connectivity index (χ1v) is 5.90. The number of carbonyl (C=O) groups is 1. The van der Waals surface area contributed by atoms with Gasteiger partial charge in [0.2, 0.25) is 0 Å². The molecule has 0 aliphatic heterocycles. The molecule has 0 spiro atoms. The van der Waals surface area contributed by atoms with Gasteiger partial charge < -0.3 is 5.73 Å². The second-order valence-electron chi connectivity index (χ2n) is 2.90. The zero-order valence-electron chi connectivity index (χ0n) is 7.98. The molecule has 0 radical (unpaired) electrons. The number of rotatable bonds is 2. The number of hydrogen-bond acceptors (Lipinski definition) is 5. The molecule has 0 bridgehead atoms. The molecular weight excluding hydrogens is 292 g/mol. The van der Waals surface area contributed by atoms with Crippen molar-refractivity contribution in [2.75, 3.05) is 11.1 Å². The van der Waals surface area contributed by atoms with E-state index < -0.39 is 0 Å². The summed E-state index contributed by atoms with van der Waals surface area (Å²) in [5.41, 5.74) is 6.32. The number of hydrogen-bond donors (Lipinski definition) is 2. The molecule has 0 fully saturated rings. The maximum Gasteiger partial charge on any atom is 0.276 e. The van der Waals surface area contributed by atoms with Crippen molar-refractivity contribution in [3.63, 3.8) is 0 Å². The first kappa shape index (κ1) is 11.0. The summed E-state index contributed by atoms with van der Waals surface area (Å²) >= 11 is 4.59. The number of thiazole rings is 1. The summed E-state index contributed by atoms with van der Waals surface area (Å²) < 4.78 is 0.850. The normalized spacial score (nSPS) is 10.1. The zero-order valence-corrected chi connectivity index (χ0v) is 10.4. The Labute approximate surface area is 104 Å². The van der Waals surface area contributed by atoms with Crippen LogP contribution in [0.3, 0.4) is 0 Å². The summed E-state index contributed by atoms with van der Waals surface area (Å²) in [6.07, 6.45) is 3.11. The van der Waals surface area contributed by atoms with Gasteiger partial charge in [-0.15, -0.1) is 0 Å². The van der Waals surface area contributed by atoms with Gasteiger partial charge in [0.15, 0.2) is 5.13 Å². The fourth-order valence-electron chi connectivity index (χ4n) is 1.04. The van der Waals surface area contributed by atoms with Crippen molar-refractivity contribution in [3.05, 3.63) is 34.0 Å². The van der Waals surface area contributed by atoms with Crippen molar-refractivity contribution in [1.29, 1.82) is 0 Å². The molecule has 3 N–H and O–H groups in total. The number of anilines is 2. The average Bonchev–Trinajstić information content (AvgIpc) is 2.64. The molecule has 0 unspecified atom stereocenters. The molecule has 0 aliphatic carbocycles. The number of nitrogens with one attached hydrogen (secondary N) is 1. The van der Waals surface area contributed by atoms with Gasteiger partial charge in [0.25, 0.3) is 5.91 Å². The van der Waals surface area contributed by atoms with Gasteiger partial charge in [-0.25, -0.2) is 4.98 Å². The number of nitrogens with zero attached hydrogens (tertiary/aromatic N) is 2. The molecule has 2 rings (SSSR count).